The largest absolute Gasteiger partial charge is 0.465 e. The van der Waals surface area contributed by atoms with Gasteiger partial charge in [0.1, 0.15) is 11.4 Å². The van der Waals surface area contributed by atoms with Gasteiger partial charge in [0.15, 0.2) is 5.69 Å². The molecule has 0 aliphatic carbocycles. The number of anilines is 1. The Hall–Kier alpha value is -3.86. The second kappa shape index (κ2) is 10.0. The van der Waals surface area contributed by atoms with E-state index in [0.29, 0.717) is 23.2 Å². The number of carbonyl (C=O) groups excluding carboxylic acids is 2. The molecule has 1 unspecified atom stereocenters. The van der Waals surface area contributed by atoms with E-state index in [1.165, 1.54) is 23.9 Å². The van der Waals surface area contributed by atoms with Crippen LogP contribution in [0.2, 0.25) is 0 Å². The predicted octanol–water partition coefficient (Wildman–Crippen LogP) is 3.69. The van der Waals surface area contributed by atoms with Gasteiger partial charge < -0.3 is 20.1 Å². The van der Waals surface area contributed by atoms with Crippen LogP contribution >= 0.6 is 0 Å². The molecule has 8 nitrogen and oxygen atoms in total. The van der Waals surface area contributed by atoms with Gasteiger partial charge in [-0.1, -0.05) is 36.4 Å². The van der Waals surface area contributed by atoms with E-state index in [0.717, 1.165) is 5.56 Å². The summed E-state index contributed by atoms with van der Waals surface area (Å²) in [6, 6.07) is 12.7. The molecular weight excluding hydrogens is 477 g/mol. The fourth-order valence-electron chi connectivity index (χ4n) is 4.24. The van der Waals surface area contributed by atoms with Crippen LogP contribution in [-0.2, 0) is 30.6 Å². The van der Waals surface area contributed by atoms with Crippen LogP contribution < -0.4 is 10.2 Å². The summed E-state index contributed by atoms with van der Waals surface area (Å²) in [4.78, 5) is 26.6. The Labute approximate surface area is 205 Å². The van der Waals surface area contributed by atoms with Crippen molar-refractivity contribution in [3.63, 3.8) is 0 Å². The molecule has 4 rings (SSSR count). The first kappa shape index (κ1) is 25.2. The molecule has 1 atom stereocenters. The maximum absolute atomic E-state index is 13.9. The number of methoxy groups -OCH3 is 1. The topological polar surface area (TPSA) is 96.7 Å². The molecule has 0 radical (unpaired) electrons. The SMILES string of the molecule is COC(=O)c1ccc(C(C)NC(=O)c2c(C(F)(F)F)nn3c2N(Cc2cccc(CO)c2)CC3)cc1. The molecule has 1 aliphatic heterocycles. The van der Waals surface area contributed by atoms with Crippen LogP contribution in [0.3, 0.4) is 0 Å². The van der Waals surface area contributed by atoms with Crippen LogP contribution in [0, 0.1) is 0 Å². The van der Waals surface area contributed by atoms with Gasteiger partial charge in [0.25, 0.3) is 5.91 Å². The van der Waals surface area contributed by atoms with Crippen LogP contribution in [0.25, 0.3) is 0 Å². The zero-order chi connectivity index (χ0) is 26.0. The molecule has 3 aromatic rings. The number of halogens is 3. The molecule has 0 bridgehead atoms. The van der Waals surface area contributed by atoms with Crippen molar-refractivity contribution in [1.82, 2.24) is 15.1 Å². The lowest BCUT2D eigenvalue weighted by atomic mass is 10.1. The van der Waals surface area contributed by atoms with Crippen LogP contribution in [0.15, 0.2) is 48.5 Å². The third-order valence-electron chi connectivity index (χ3n) is 6.03. The Kier molecular flexibility index (Phi) is 7.02. The van der Waals surface area contributed by atoms with Gasteiger partial charge in [-0.15, -0.1) is 0 Å². The van der Waals surface area contributed by atoms with Crippen molar-refractivity contribution in [2.45, 2.75) is 38.8 Å². The third-order valence-corrected chi connectivity index (χ3v) is 6.03. The number of alkyl halides is 3. The Morgan fingerprint density at radius 2 is 1.83 bits per heavy atom. The second-order valence-electron chi connectivity index (χ2n) is 8.48. The number of esters is 1. The fraction of sp³-hybridized carbons (Fsp3) is 0.320. The van der Waals surface area contributed by atoms with E-state index >= 15 is 0 Å². The summed E-state index contributed by atoms with van der Waals surface area (Å²) in [5.41, 5.74) is 0.616. The van der Waals surface area contributed by atoms with Gasteiger partial charge in [0.05, 0.1) is 31.9 Å². The minimum Gasteiger partial charge on any atom is -0.465 e. The van der Waals surface area contributed by atoms with Crippen molar-refractivity contribution in [1.29, 1.82) is 0 Å². The van der Waals surface area contributed by atoms with Crippen LogP contribution in [0.1, 0.15) is 56.1 Å². The highest BCUT2D eigenvalue weighted by molar-refractivity contribution is 6.01. The molecule has 1 aromatic heterocycles. The Morgan fingerprint density at radius 3 is 2.47 bits per heavy atom. The van der Waals surface area contributed by atoms with Gasteiger partial charge in [-0.05, 0) is 35.7 Å². The zero-order valence-electron chi connectivity index (χ0n) is 19.7. The lowest BCUT2D eigenvalue weighted by Gasteiger charge is -2.21. The van der Waals surface area contributed by atoms with Crippen molar-refractivity contribution < 1.29 is 32.6 Å². The van der Waals surface area contributed by atoms with Crippen LogP contribution in [0.4, 0.5) is 19.0 Å². The van der Waals surface area contributed by atoms with Crippen molar-refractivity contribution in [2.75, 3.05) is 18.6 Å². The van der Waals surface area contributed by atoms with E-state index in [4.69, 9.17) is 0 Å². The average molecular weight is 502 g/mol. The molecule has 1 aliphatic rings. The first-order valence-electron chi connectivity index (χ1n) is 11.2. The summed E-state index contributed by atoms with van der Waals surface area (Å²) < 4.78 is 47.5. The first-order valence-corrected chi connectivity index (χ1v) is 11.2. The van der Waals surface area contributed by atoms with Gasteiger partial charge in [-0.2, -0.15) is 18.3 Å². The number of fused-ring (bicyclic) bond motifs is 1. The van der Waals surface area contributed by atoms with Crippen molar-refractivity contribution in [3.05, 3.63) is 82.0 Å². The van der Waals surface area contributed by atoms with Crippen molar-refractivity contribution in [3.8, 4) is 0 Å². The fourth-order valence-corrected chi connectivity index (χ4v) is 4.24. The van der Waals surface area contributed by atoms with Gasteiger partial charge in [-0.3, -0.25) is 4.79 Å². The Morgan fingerprint density at radius 1 is 1.14 bits per heavy atom. The van der Waals surface area contributed by atoms with E-state index in [1.807, 2.05) is 6.07 Å². The minimum absolute atomic E-state index is 0.0995. The molecule has 2 heterocycles. The number of aromatic nitrogens is 2. The predicted molar refractivity (Wildman–Crippen MR) is 124 cm³/mol. The number of amides is 1. The number of ether oxygens (including phenoxy) is 1. The van der Waals surface area contributed by atoms with Crippen LogP contribution in [0.5, 0.6) is 0 Å². The number of rotatable bonds is 7. The number of hydrogen-bond donors (Lipinski definition) is 2. The summed E-state index contributed by atoms with van der Waals surface area (Å²) in [6.07, 6.45) is -4.82. The Bertz CT molecular complexity index is 1270. The van der Waals surface area contributed by atoms with E-state index in [2.05, 4.69) is 15.2 Å². The van der Waals surface area contributed by atoms with E-state index < -0.39 is 35.4 Å². The van der Waals surface area contributed by atoms with Gasteiger partial charge in [0, 0.05) is 13.1 Å². The Balaban J connectivity index is 1.62. The highest BCUT2D eigenvalue weighted by Gasteiger charge is 2.44. The molecule has 0 spiro atoms. The van der Waals surface area contributed by atoms with Crippen molar-refractivity contribution >= 4 is 17.7 Å². The average Bonchev–Trinajstić information content (AvgIpc) is 3.44. The highest BCUT2D eigenvalue weighted by atomic mass is 19.4. The lowest BCUT2D eigenvalue weighted by Crippen LogP contribution is -2.31. The number of nitrogens with one attached hydrogen (secondary N) is 1. The van der Waals surface area contributed by atoms with E-state index in [-0.39, 0.29) is 25.5 Å². The molecule has 0 saturated heterocycles. The van der Waals surface area contributed by atoms with E-state index in [9.17, 15) is 27.9 Å². The summed E-state index contributed by atoms with van der Waals surface area (Å²) in [5.74, 6) is -1.32. The highest BCUT2D eigenvalue weighted by Crippen LogP contribution is 2.38. The monoisotopic (exact) mass is 502 g/mol. The zero-order valence-corrected chi connectivity index (χ0v) is 19.7. The molecule has 2 N–H and O–H groups in total. The standard InChI is InChI=1S/C25H25F3N4O4/c1-15(18-6-8-19(9-7-18)24(35)36-2)29-22(34)20-21(25(26,27)28)30-32-11-10-31(23(20)32)13-16-4-3-5-17(12-16)14-33/h3-9,12,15,33H,10-11,13-14H2,1-2H3,(H,29,34). The van der Waals surface area contributed by atoms with Crippen molar-refractivity contribution in [2.24, 2.45) is 0 Å². The molecular formula is C25H25F3N4O4. The summed E-state index contributed by atoms with van der Waals surface area (Å²) in [7, 11) is 1.26. The maximum Gasteiger partial charge on any atom is 0.436 e. The molecule has 1 amide bonds. The normalized spacial score (nSPS) is 13.9. The molecule has 36 heavy (non-hydrogen) atoms. The van der Waals surface area contributed by atoms with Gasteiger partial charge >= 0.3 is 12.1 Å². The summed E-state index contributed by atoms with van der Waals surface area (Å²) in [5, 5.41) is 15.8. The third kappa shape index (κ3) is 5.06. The number of benzene rings is 2. The molecule has 0 saturated carbocycles. The molecule has 2 aromatic carbocycles. The quantitative estimate of drug-likeness (QED) is 0.479. The van der Waals surface area contributed by atoms with E-state index in [1.54, 1.807) is 42.2 Å². The number of hydrogen-bond acceptors (Lipinski definition) is 6. The number of aliphatic hydroxyl groups excluding tert-OH is 1. The molecule has 11 heteroatoms. The molecule has 190 valence electrons. The summed E-state index contributed by atoms with van der Waals surface area (Å²) in [6.45, 7) is 2.32. The number of aliphatic hydroxyl groups is 1. The summed E-state index contributed by atoms with van der Waals surface area (Å²) >= 11 is 0. The first-order chi connectivity index (χ1) is 17.1. The smallest absolute Gasteiger partial charge is 0.436 e. The van der Waals surface area contributed by atoms with Crippen LogP contribution in [-0.4, -0.2) is 40.4 Å². The van der Waals surface area contributed by atoms with Gasteiger partial charge in [0.2, 0.25) is 0 Å². The maximum atomic E-state index is 13.9. The van der Waals surface area contributed by atoms with Gasteiger partial charge in [-0.25, -0.2) is 9.48 Å². The number of nitrogens with zero attached hydrogens (tertiary/aromatic N) is 3. The molecule has 0 fully saturated rings. The lowest BCUT2D eigenvalue weighted by molar-refractivity contribution is -0.141. The minimum atomic E-state index is -4.82. The second-order valence-corrected chi connectivity index (χ2v) is 8.48. The number of carbonyl (C=O) groups is 2.